The monoisotopic (exact) mass is 305 g/mol. The maximum atomic E-state index is 11.8. The van der Waals surface area contributed by atoms with E-state index in [-0.39, 0.29) is 11.8 Å². The van der Waals surface area contributed by atoms with Gasteiger partial charge in [-0.3, -0.25) is 0 Å². The molecule has 0 saturated carbocycles. The van der Waals surface area contributed by atoms with Gasteiger partial charge in [0, 0.05) is 16.0 Å². The van der Waals surface area contributed by atoms with Gasteiger partial charge in [-0.05, 0) is 42.4 Å². The van der Waals surface area contributed by atoms with Crippen molar-refractivity contribution in [1.29, 1.82) is 0 Å². The average Bonchev–Trinajstić information content (AvgIpc) is 2.29. The van der Waals surface area contributed by atoms with Crippen molar-refractivity contribution >= 4 is 33.4 Å². The molecule has 1 aromatic rings. The molecule has 100 valence electrons. The van der Waals surface area contributed by atoms with Crippen molar-refractivity contribution < 1.29 is 8.42 Å². The van der Waals surface area contributed by atoms with Crippen molar-refractivity contribution in [3.8, 4) is 0 Å². The molecule has 1 N–H and O–H groups in total. The molecule has 18 heavy (non-hydrogen) atoms. The summed E-state index contributed by atoms with van der Waals surface area (Å²) in [5.74, 6) is 1.10. The number of fused-ring (bicyclic) bond motifs is 1. The molecule has 0 aliphatic carbocycles. The molecule has 1 heterocycles. The average molecular weight is 306 g/mol. The molecule has 1 unspecified atom stereocenters. The lowest BCUT2D eigenvalue weighted by Gasteiger charge is -2.25. The van der Waals surface area contributed by atoms with Gasteiger partial charge in [-0.2, -0.15) is 0 Å². The van der Waals surface area contributed by atoms with Gasteiger partial charge < -0.3 is 0 Å². The summed E-state index contributed by atoms with van der Waals surface area (Å²) in [5.41, 5.74) is 0.999. The molecular weight excluding hydrogens is 290 g/mol. The number of sulfonamides is 1. The second kappa shape index (κ2) is 5.82. The van der Waals surface area contributed by atoms with E-state index >= 15 is 0 Å². The van der Waals surface area contributed by atoms with E-state index in [4.69, 9.17) is 11.6 Å². The number of hydrogen-bond donors (Lipinski definition) is 1. The van der Waals surface area contributed by atoms with Crippen LogP contribution in [0.3, 0.4) is 0 Å². The number of hydrogen-bond acceptors (Lipinski definition) is 3. The molecule has 6 heteroatoms. The quantitative estimate of drug-likeness (QED) is 0.929. The fraction of sp³-hybridized carbons (Fsp3) is 0.500. The molecule has 0 spiro atoms. The first-order valence-corrected chi connectivity index (χ1v) is 8.95. The molecule has 1 atom stereocenters. The second-order valence-corrected chi connectivity index (χ2v) is 7.76. The summed E-state index contributed by atoms with van der Waals surface area (Å²) in [6, 6.07) is 5.53. The van der Waals surface area contributed by atoms with Crippen LogP contribution in [0.5, 0.6) is 0 Å². The SMILES string of the molecule is CCCS(=O)(=O)NC1CCSc2ccc(Cl)cc21. The number of thioether (sulfide) groups is 1. The lowest BCUT2D eigenvalue weighted by molar-refractivity contribution is 0.545. The topological polar surface area (TPSA) is 46.2 Å². The molecule has 3 nitrogen and oxygen atoms in total. The smallest absolute Gasteiger partial charge is 0.212 e. The Kier molecular flexibility index (Phi) is 4.59. The van der Waals surface area contributed by atoms with Gasteiger partial charge >= 0.3 is 0 Å². The Morgan fingerprint density at radius 1 is 1.50 bits per heavy atom. The minimum atomic E-state index is -3.19. The summed E-state index contributed by atoms with van der Waals surface area (Å²) in [7, 11) is -3.19. The molecule has 0 amide bonds. The lowest BCUT2D eigenvalue weighted by atomic mass is 10.1. The summed E-state index contributed by atoms with van der Waals surface area (Å²) in [6.45, 7) is 1.86. The van der Waals surface area contributed by atoms with Crippen LogP contribution < -0.4 is 4.72 Å². The first-order valence-electron chi connectivity index (χ1n) is 5.94. The van der Waals surface area contributed by atoms with Crippen LogP contribution in [0.2, 0.25) is 5.02 Å². The summed E-state index contributed by atoms with van der Waals surface area (Å²) >= 11 is 7.73. The van der Waals surface area contributed by atoms with Gasteiger partial charge in [0.05, 0.1) is 5.75 Å². The Morgan fingerprint density at radius 3 is 3.00 bits per heavy atom. The molecular formula is C12H16ClNO2S2. The Labute approximate surface area is 117 Å². The van der Waals surface area contributed by atoms with Gasteiger partial charge in [0.15, 0.2) is 0 Å². The van der Waals surface area contributed by atoms with Crippen LogP contribution >= 0.6 is 23.4 Å². The first kappa shape index (κ1) is 14.2. The van der Waals surface area contributed by atoms with Crippen molar-refractivity contribution in [2.45, 2.75) is 30.7 Å². The molecule has 0 aromatic heterocycles. The van der Waals surface area contributed by atoms with E-state index < -0.39 is 10.0 Å². The van der Waals surface area contributed by atoms with E-state index in [9.17, 15) is 8.42 Å². The third-order valence-corrected chi connectivity index (χ3v) is 5.75. The maximum Gasteiger partial charge on any atom is 0.212 e. The van der Waals surface area contributed by atoms with Gasteiger partial charge in [0.1, 0.15) is 0 Å². The third-order valence-electron chi connectivity index (χ3n) is 2.81. The molecule has 0 fully saturated rings. The van der Waals surface area contributed by atoms with Gasteiger partial charge in [-0.1, -0.05) is 18.5 Å². The van der Waals surface area contributed by atoms with Crippen LogP contribution in [-0.2, 0) is 10.0 Å². The van der Waals surface area contributed by atoms with Gasteiger partial charge in [0.2, 0.25) is 10.0 Å². The van der Waals surface area contributed by atoms with E-state index in [1.54, 1.807) is 11.8 Å². The van der Waals surface area contributed by atoms with Crippen LogP contribution in [0.1, 0.15) is 31.4 Å². The molecule has 1 aliphatic heterocycles. The van der Waals surface area contributed by atoms with Gasteiger partial charge in [-0.15, -0.1) is 11.8 Å². The van der Waals surface area contributed by atoms with Crippen molar-refractivity contribution in [3.63, 3.8) is 0 Å². The van der Waals surface area contributed by atoms with Crippen molar-refractivity contribution in [2.75, 3.05) is 11.5 Å². The van der Waals surface area contributed by atoms with E-state index in [1.165, 1.54) is 0 Å². The highest BCUT2D eigenvalue weighted by atomic mass is 35.5. The highest BCUT2D eigenvalue weighted by Crippen LogP contribution is 2.37. The summed E-state index contributed by atoms with van der Waals surface area (Å²) in [6.07, 6.45) is 1.43. The Balaban J connectivity index is 2.25. The van der Waals surface area contributed by atoms with E-state index in [0.717, 1.165) is 22.6 Å². The lowest BCUT2D eigenvalue weighted by Crippen LogP contribution is -2.32. The number of nitrogens with one attached hydrogen (secondary N) is 1. The molecule has 1 aromatic carbocycles. The number of halogens is 1. The Hall–Kier alpha value is -0.230. The fourth-order valence-corrected chi connectivity index (χ4v) is 4.65. The van der Waals surface area contributed by atoms with Gasteiger partial charge in [-0.25, -0.2) is 13.1 Å². The molecule has 0 radical (unpaired) electrons. The van der Waals surface area contributed by atoms with Crippen LogP contribution in [0.25, 0.3) is 0 Å². The zero-order valence-electron chi connectivity index (χ0n) is 10.1. The standard InChI is InChI=1S/C12H16ClNO2S2/c1-2-7-18(15,16)14-11-5-6-17-12-4-3-9(13)8-10(11)12/h3-4,8,11,14H,2,5-7H2,1H3. The number of rotatable bonds is 4. The zero-order valence-corrected chi connectivity index (χ0v) is 12.5. The minimum Gasteiger partial charge on any atom is -0.212 e. The van der Waals surface area contributed by atoms with Crippen molar-refractivity contribution in [3.05, 3.63) is 28.8 Å². The highest BCUT2D eigenvalue weighted by molar-refractivity contribution is 7.99. The predicted molar refractivity (Wildman–Crippen MR) is 76.7 cm³/mol. The van der Waals surface area contributed by atoms with Crippen molar-refractivity contribution in [1.82, 2.24) is 4.72 Å². The van der Waals surface area contributed by atoms with Crippen LogP contribution in [0, 0.1) is 0 Å². The van der Waals surface area contributed by atoms with E-state index in [0.29, 0.717) is 11.4 Å². The van der Waals surface area contributed by atoms with Crippen LogP contribution in [0.15, 0.2) is 23.1 Å². The van der Waals surface area contributed by atoms with Crippen molar-refractivity contribution in [2.24, 2.45) is 0 Å². The van der Waals surface area contributed by atoms with E-state index in [2.05, 4.69) is 4.72 Å². The predicted octanol–water partition coefficient (Wildman–Crippen LogP) is 3.21. The zero-order chi connectivity index (χ0) is 13.2. The Morgan fingerprint density at radius 2 is 2.28 bits per heavy atom. The van der Waals surface area contributed by atoms with E-state index in [1.807, 2.05) is 25.1 Å². The molecule has 2 rings (SSSR count). The Bertz CT molecular complexity index is 531. The molecule has 0 bridgehead atoms. The first-order chi connectivity index (χ1) is 8.52. The second-order valence-electron chi connectivity index (χ2n) is 4.31. The summed E-state index contributed by atoms with van der Waals surface area (Å²) in [4.78, 5) is 1.12. The highest BCUT2D eigenvalue weighted by Gasteiger charge is 2.24. The molecule has 1 aliphatic rings. The number of benzene rings is 1. The fourth-order valence-electron chi connectivity index (χ4n) is 2.03. The normalized spacial score (nSPS) is 19.6. The minimum absolute atomic E-state index is 0.142. The third kappa shape index (κ3) is 3.41. The molecule has 0 saturated heterocycles. The largest absolute Gasteiger partial charge is 0.212 e. The summed E-state index contributed by atoms with van der Waals surface area (Å²) in [5, 5.41) is 0.649. The van der Waals surface area contributed by atoms with Crippen LogP contribution in [0.4, 0.5) is 0 Å². The maximum absolute atomic E-state index is 11.8. The van der Waals surface area contributed by atoms with Gasteiger partial charge in [0.25, 0.3) is 0 Å². The van der Waals surface area contributed by atoms with Crippen LogP contribution in [-0.4, -0.2) is 19.9 Å². The summed E-state index contributed by atoms with van der Waals surface area (Å²) < 4.78 is 26.5.